The molecule has 0 bridgehead atoms. The summed E-state index contributed by atoms with van der Waals surface area (Å²) in [5.41, 5.74) is 5.64. The molecule has 1 fully saturated rings. The normalized spacial score (nSPS) is 46.0. The Morgan fingerprint density at radius 1 is 1.62 bits per heavy atom. The lowest BCUT2D eigenvalue weighted by Crippen LogP contribution is -2.55. The molecule has 1 rings (SSSR count). The number of hydrogen-bond donors (Lipinski definition) is 2. The highest BCUT2D eigenvalue weighted by atomic mass is 16.5. The van der Waals surface area contributed by atoms with Crippen molar-refractivity contribution in [2.75, 3.05) is 0 Å². The monoisotopic (exact) mass is 188 g/mol. The molecule has 1 saturated heterocycles. The Morgan fingerprint density at radius 2 is 2.23 bits per heavy atom. The van der Waals surface area contributed by atoms with Gasteiger partial charge in [0.05, 0.1) is 6.10 Å². The van der Waals surface area contributed by atoms with E-state index >= 15 is 0 Å². The van der Waals surface area contributed by atoms with E-state index in [4.69, 9.17) is 10.5 Å². The number of aliphatic hydroxyl groups is 1. The highest BCUT2D eigenvalue weighted by Crippen LogP contribution is 2.26. The van der Waals surface area contributed by atoms with Crippen molar-refractivity contribution in [2.24, 2.45) is 16.8 Å². The summed E-state index contributed by atoms with van der Waals surface area (Å²) in [6.07, 6.45) is -1.06. The van der Waals surface area contributed by atoms with Gasteiger partial charge < -0.3 is 15.6 Å². The molecule has 5 atom stereocenters. The second-order valence-electron chi connectivity index (χ2n) is 3.49. The van der Waals surface area contributed by atoms with Crippen molar-refractivity contribution in [3.8, 4) is 0 Å². The maximum Gasteiger partial charge on any atom is 0.127 e. The number of ether oxygens (including phenoxy) is 1. The van der Waals surface area contributed by atoms with Crippen LogP contribution in [-0.4, -0.2) is 29.6 Å². The summed E-state index contributed by atoms with van der Waals surface area (Å²) in [4.78, 5) is 10.5. The summed E-state index contributed by atoms with van der Waals surface area (Å²) in [5, 5.41) is 12.5. The Morgan fingerprint density at radius 3 is 2.69 bits per heavy atom. The van der Waals surface area contributed by atoms with Crippen molar-refractivity contribution in [1.82, 2.24) is 0 Å². The molecule has 0 amide bonds. The number of hydrogen-bond acceptors (Lipinski definition) is 5. The molecular formula is C8H16N2O3. The molecule has 5 nitrogen and oxygen atoms in total. The molecule has 0 aliphatic carbocycles. The van der Waals surface area contributed by atoms with Crippen LogP contribution in [0.5, 0.6) is 0 Å². The molecule has 13 heavy (non-hydrogen) atoms. The second-order valence-corrected chi connectivity index (χ2v) is 3.49. The number of nitroso groups, excluding NO2 is 1. The predicted octanol–water partition coefficient (Wildman–Crippen LogP) is 0.212. The van der Waals surface area contributed by atoms with Crippen molar-refractivity contribution in [3.63, 3.8) is 0 Å². The SMILES string of the molecule is CCC1OC(N)C(C)C(N=O)C1O. The van der Waals surface area contributed by atoms with Gasteiger partial charge in [-0.05, 0) is 6.42 Å². The van der Waals surface area contributed by atoms with E-state index in [0.717, 1.165) is 0 Å². The first-order chi connectivity index (χ1) is 6.11. The highest BCUT2D eigenvalue weighted by Gasteiger charge is 2.41. The van der Waals surface area contributed by atoms with Crippen LogP contribution in [0.25, 0.3) is 0 Å². The molecule has 5 unspecified atom stereocenters. The van der Waals surface area contributed by atoms with Crippen LogP contribution in [0.2, 0.25) is 0 Å². The minimum atomic E-state index is -0.822. The molecule has 0 aromatic heterocycles. The fourth-order valence-corrected chi connectivity index (χ4v) is 1.63. The van der Waals surface area contributed by atoms with Gasteiger partial charge in [-0.15, -0.1) is 0 Å². The largest absolute Gasteiger partial charge is 0.388 e. The first kappa shape index (κ1) is 10.6. The van der Waals surface area contributed by atoms with Gasteiger partial charge in [0.1, 0.15) is 18.4 Å². The Kier molecular flexibility index (Phi) is 3.35. The molecule has 76 valence electrons. The highest BCUT2D eigenvalue weighted by molar-refractivity contribution is 4.92. The summed E-state index contributed by atoms with van der Waals surface area (Å²) in [6, 6.07) is -0.645. The second kappa shape index (κ2) is 4.13. The van der Waals surface area contributed by atoms with Gasteiger partial charge in [-0.25, -0.2) is 0 Å². The molecule has 1 heterocycles. The summed E-state index contributed by atoms with van der Waals surface area (Å²) in [5.74, 6) is -0.227. The van der Waals surface area contributed by atoms with Gasteiger partial charge in [-0.3, -0.25) is 0 Å². The van der Waals surface area contributed by atoms with E-state index in [-0.39, 0.29) is 12.0 Å². The van der Waals surface area contributed by atoms with Crippen LogP contribution in [0.1, 0.15) is 20.3 Å². The predicted molar refractivity (Wildman–Crippen MR) is 47.9 cm³/mol. The van der Waals surface area contributed by atoms with E-state index in [1.165, 1.54) is 0 Å². The zero-order valence-corrected chi connectivity index (χ0v) is 7.88. The molecule has 1 aliphatic rings. The molecule has 0 aromatic rings. The standard InChI is InChI=1S/C8H16N2O3/c1-3-5-7(11)6(10-12)4(2)8(9)13-5/h4-8,11H,3,9H2,1-2H3. The summed E-state index contributed by atoms with van der Waals surface area (Å²) < 4.78 is 5.32. The lowest BCUT2D eigenvalue weighted by Gasteiger charge is -2.38. The van der Waals surface area contributed by atoms with E-state index < -0.39 is 18.4 Å². The van der Waals surface area contributed by atoms with Gasteiger partial charge in [-0.2, -0.15) is 4.91 Å². The minimum Gasteiger partial charge on any atom is -0.388 e. The van der Waals surface area contributed by atoms with Gasteiger partial charge in [-0.1, -0.05) is 19.0 Å². The van der Waals surface area contributed by atoms with Crippen LogP contribution in [0.4, 0.5) is 0 Å². The van der Waals surface area contributed by atoms with Gasteiger partial charge in [0.2, 0.25) is 0 Å². The number of nitrogens with two attached hydrogens (primary N) is 1. The van der Waals surface area contributed by atoms with Crippen LogP contribution in [-0.2, 0) is 4.74 Å². The quantitative estimate of drug-likeness (QED) is 0.607. The van der Waals surface area contributed by atoms with Crippen molar-refractivity contribution < 1.29 is 9.84 Å². The van der Waals surface area contributed by atoms with Gasteiger partial charge in [0.15, 0.2) is 0 Å². The zero-order valence-electron chi connectivity index (χ0n) is 7.88. The summed E-state index contributed by atoms with van der Waals surface area (Å²) in [7, 11) is 0. The van der Waals surface area contributed by atoms with E-state index in [1.807, 2.05) is 6.92 Å². The van der Waals surface area contributed by atoms with Gasteiger partial charge in [0.25, 0.3) is 0 Å². The summed E-state index contributed by atoms with van der Waals surface area (Å²) in [6.45, 7) is 3.63. The average Bonchev–Trinajstić information content (AvgIpc) is 2.12. The molecule has 0 saturated carbocycles. The Hall–Kier alpha value is -0.520. The van der Waals surface area contributed by atoms with Crippen molar-refractivity contribution in [3.05, 3.63) is 4.91 Å². The van der Waals surface area contributed by atoms with Crippen molar-refractivity contribution in [2.45, 2.75) is 44.7 Å². The first-order valence-electron chi connectivity index (χ1n) is 4.53. The fourth-order valence-electron chi connectivity index (χ4n) is 1.63. The Bertz CT molecular complexity index is 188. The Labute approximate surface area is 77.2 Å². The van der Waals surface area contributed by atoms with E-state index in [1.54, 1.807) is 6.92 Å². The molecule has 0 radical (unpaired) electrons. The molecule has 0 spiro atoms. The molecular weight excluding hydrogens is 172 g/mol. The lowest BCUT2D eigenvalue weighted by atomic mass is 9.89. The third-order valence-electron chi connectivity index (χ3n) is 2.64. The smallest absolute Gasteiger partial charge is 0.127 e. The topological polar surface area (TPSA) is 84.9 Å². The third-order valence-corrected chi connectivity index (χ3v) is 2.64. The third kappa shape index (κ3) is 1.87. The van der Waals surface area contributed by atoms with Crippen LogP contribution in [0, 0.1) is 10.8 Å². The van der Waals surface area contributed by atoms with Gasteiger partial charge in [0, 0.05) is 5.92 Å². The van der Waals surface area contributed by atoms with E-state index in [0.29, 0.717) is 6.42 Å². The fraction of sp³-hybridized carbons (Fsp3) is 1.00. The molecule has 0 aromatic carbocycles. The van der Waals surface area contributed by atoms with Crippen LogP contribution in [0.3, 0.4) is 0 Å². The Balaban J connectivity index is 2.74. The lowest BCUT2D eigenvalue weighted by molar-refractivity contribution is -0.149. The van der Waals surface area contributed by atoms with Crippen LogP contribution < -0.4 is 5.73 Å². The summed E-state index contributed by atoms with van der Waals surface area (Å²) >= 11 is 0. The number of aliphatic hydroxyl groups excluding tert-OH is 1. The maximum absolute atomic E-state index is 10.5. The van der Waals surface area contributed by atoms with Crippen LogP contribution >= 0.6 is 0 Å². The first-order valence-corrected chi connectivity index (χ1v) is 4.53. The number of rotatable bonds is 2. The van der Waals surface area contributed by atoms with Crippen LogP contribution in [0.15, 0.2) is 5.18 Å². The van der Waals surface area contributed by atoms with Gasteiger partial charge >= 0.3 is 0 Å². The zero-order chi connectivity index (χ0) is 10.0. The average molecular weight is 188 g/mol. The molecule has 3 N–H and O–H groups in total. The van der Waals surface area contributed by atoms with E-state index in [9.17, 15) is 10.0 Å². The van der Waals surface area contributed by atoms with Crippen molar-refractivity contribution >= 4 is 0 Å². The molecule has 1 aliphatic heterocycles. The maximum atomic E-state index is 10.5. The van der Waals surface area contributed by atoms with Crippen molar-refractivity contribution in [1.29, 1.82) is 0 Å². The van der Waals surface area contributed by atoms with E-state index in [2.05, 4.69) is 5.18 Å². The number of nitrogens with zero attached hydrogens (tertiary/aromatic N) is 1. The molecule has 5 heteroatoms. The minimum absolute atomic E-state index is 0.227.